The van der Waals surface area contributed by atoms with Crippen LogP contribution in [0.1, 0.15) is 15.9 Å². The SMILES string of the molecule is Cc1ccc(F)c(C(=O)NCCn2cccc2)c1. The molecule has 0 unspecified atom stereocenters. The van der Waals surface area contributed by atoms with Crippen molar-refractivity contribution in [3.63, 3.8) is 0 Å². The second-order valence-corrected chi connectivity index (χ2v) is 4.16. The maximum atomic E-state index is 13.5. The minimum Gasteiger partial charge on any atom is -0.353 e. The number of aromatic nitrogens is 1. The highest BCUT2D eigenvalue weighted by atomic mass is 19.1. The molecule has 94 valence electrons. The fourth-order valence-corrected chi connectivity index (χ4v) is 1.73. The number of hydrogen-bond acceptors (Lipinski definition) is 1. The molecule has 1 amide bonds. The van der Waals surface area contributed by atoms with E-state index in [0.717, 1.165) is 5.56 Å². The number of amides is 1. The molecule has 1 aromatic carbocycles. The third-order valence-electron chi connectivity index (χ3n) is 2.69. The third-order valence-corrected chi connectivity index (χ3v) is 2.69. The second kappa shape index (κ2) is 5.49. The molecule has 1 aromatic heterocycles. The van der Waals surface area contributed by atoms with E-state index in [1.165, 1.54) is 6.07 Å². The van der Waals surface area contributed by atoms with Crippen LogP contribution >= 0.6 is 0 Å². The molecule has 0 atom stereocenters. The average Bonchev–Trinajstić information content (AvgIpc) is 2.85. The standard InChI is InChI=1S/C14H15FN2O/c1-11-4-5-13(15)12(10-11)14(18)16-6-9-17-7-2-3-8-17/h2-5,7-8,10H,6,9H2,1H3,(H,16,18). The molecule has 1 N–H and O–H groups in total. The lowest BCUT2D eigenvalue weighted by Crippen LogP contribution is -2.27. The van der Waals surface area contributed by atoms with Crippen molar-refractivity contribution in [2.75, 3.05) is 6.54 Å². The highest BCUT2D eigenvalue weighted by molar-refractivity contribution is 5.94. The third kappa shape index (κ3) is 2.97. The first-order chi connectivity index (χ1) is 8.66. The first kappa shape index (κ1) is 12.4. The summed E-state index contributed by atoms with van der Waals surface area (Å²) in [5.74, 6) is -0.859. The normalized spacial score (nSPS) is 10.3. The van der Waals surface area contributed by atoms with Gasteiger partial charge in [-0.2, -0.15) is 0 Å². The first-order valence-corrected chi connectivity index (χ1v) is 5.82. The maximum Gasteiger partial charge on any atom is 0.254 e. The van der Waals surface area contributed by atoms with Gasteiger partial charge in [-0.15, -0.1) is 0 Å². The van der Waals surface area contributed by atoms with Gasteiger partial charge in [-0.05, 0) is 31.2 Å². The minimum absolute atomic E-state index is 0.0995. The second-order valence-electron chi connectivity index (χ2n) is 4.16. The number of nitrogens with one attached hydrogen (secondary N) is 1. The summed E-state index contributed by atoms with van der Waals surface area (Å²) in [6.07, 6.45) is 3.83. The van der Waals surface area contributed by atoms with Crippen LogP contribution in [0.3, 0.4) is 0 Å². The number of halogens is 1. The molecule has 0 fully saturated rings. The van der Waals surface area contributed by atoms with Crippen LogP contribution in [0.5, 0.6) is 0 Å². The van der Waals surface area contributed by atoms with E-state index in [0.29, 0.717) is 13.1 Å². The molecule has 0 bridgehead atoms. The molecule has 0 aliphatic heterocycles. The van der Waals surface area contributed by atoms with Crippen molar-refractivity contribution in [2.45, 2.75) is 13.5 Å². The smallest absolute Gasteiger partial charge is 0.254 e. The molecule has 2 aromatic rings. The number of carbonyl (C=O) groups excluding carboxylic acids is 1. The summed E-state index contributed by atoms with van der Waals surface area (Å²) in [6, 6.07) is 8.35. The minimum atomic E-state index is -0.487. The summed E-state index contributed by atoms with van der Waals surface area (Å²) >= 11 is 0. The molecule has 4 heteroatoms. The molecule has 0 radical (unpaired) electrons. The summed E-state index contributed by atoms with van der Waals surface area (Å²) in [7, 11) is 0. The Hall–Kier alpha value is -2.10. The zero-order valence-electron chi connectivity index (χ0n) is 10.2. The average molecular weight is 246 g/mol. The van der Waals surface area contributed by atoms with E-state index in [9.17, 15) is 9.18 Å². The first-order valence-electron chi connectivity index (χ1n) is 5.82. The number of aryl methyl sites for hydroxylation is 1. The molecule has 0 saturated carbocycles. The lowest BCUT2D eigenvalue weighted by atomic mass is 10.1. The zero-order valence-corrected chi connectivity index (χ0v) is 10.2. The fraction of sp³-hybridized carbons (Fsp3) is 0.214. The van der Waals surface area contributed by atoms with E-state index in [1.54, 1.807) is 12.1 Å². The van der Waals surface area contributed by atoms with Gasteiger partial charge >= 0.3 is 0 Å². The van der Waals surface area contributed by atoms with Gasteiger partial charge in [-0.25, -0.2) is 4.39 Å². The van der Waals surface area contributed by atoms with E-state index < -0.39 is 5.82 Å². The lowest BCUT2D eigenvalue weighted by molar-refractivity contribution is 0.0948. The number of nitrogens with zero attached hydrogens (tertiary/aromatic N) is 1. The summed E-state index contributed by atoms with van der Waals surface area (Å²) in [6.45, 7) is 2.98. The van der Waals surface area contributed by atoms with Crippen LogP contribution in [-0.4, -0.2) is 17.0 Å². The Balaban J connectivity index is 1.93. The van der Waals surface area contributed by atoms with Gasteiger partial charge in [0.25, 0.3) is 5.91 Å². The Bertz CT molecular complexity index is 535. The highest BCUT2D eigenvalue weighted by Crippen LogP contribution is 2.09. The molecule has 0 spiro atoms. The predicted octanol–water partition coefficient (Wildman–Crippen LogP) is 2.37. The number of carbonyl (C=O) groups is 1. The van der Waals surface area contributed by atoms with E-state index in [-0.39, 0.29) is 11.5 Å². The van der Waals surface area contributed by atoms with Crippen LogP contribution in [0, 0.1) is 12.7 Å². The zero-order chi connectivity index (χ0) is 13.0. The van der Waals surface area contributed by atoms with Crippen LogP contribution in [-0.2, 0) is 6.54 Å². The molecule has 0 saturated heterocycles. The van der Waals surface area contributed by atoms with Gasteiger partial charge in [0.05, 0.1) is 5.56 Å². The van der Waals surface area contributed by atoms with Crippen molar-refractivity contribution in [1.29, 1.82) is 0 Å². The Labute approximate surface area is 105 Å². The van der Waals surface area contributed by atoms with Gasteiger partial charge in [0.15, 0.2) is 0 Å². The fourth-order valence-electron chi connectivity index (χ4n) is 1.73. The lowest BCUT2D eigenvalue weighted by Gasteiger charge is -2.07. The molecule has 1 heterocycles. The van der Waals surface area contributed by atoms with Crippen molar-refractivity contribution >= 4 is 5.91 Å². The van der Waals surface area contributed by atoms with Crippen molar-refractivity contribution in [3.8, 4) is 0 Å². The van der Waals surface area contributed by atoms with E-state index in [2.05, 4.69) is 5.32 Å². The number of rotatable bonds is 4. The Kier molecular flexibility index (Phi) is 3.77. The summed E-state index contributed by atoms with van der Waals surface area (Å²) in [5, 5.41) is 2.71. The predicted molar refractivity (Wildman–Crippen MR) is 67.9 cm³/mol. The molecule has 18 heavy (non-hydrogen) atoms. The van der Waals surface area contributed by atoms with E-state index >= 15 is 0 Å². The molecular formula is C14H15FN2O. The van der Waals surface area contributed by atoms with Crippen molar-refractivity contribution in [3.05, 3.63) is 59.7 Å². The van der Waals surface area contributed by atoms with Gasteiger partial charge in [-0.3, -0.25) is 4.79 Å². The van der Waals surface area contributed by atoms with Crippen molar-refractivity contribution < 1.29 is 9.18 Å². The summed E-state index contributed by atoms with van der Waals surface area (Å²) < 4.78 is 15.4. The van der Waals surface area contributed by atoms with Crippen LogP contribution in [0.4, 0.5) is 4.39 Å². The summed E-state index contributed by atoms with van der Waals surface area (Å²) in [5.41, 5.74) is 0.967. The van der Waals surface area contributed by atoms with Gasteiger partial charge < -0.3 is 9.88 Å². The molecular weight excluding hydrogens is 231 g/mol. The monoisotopic (exact) mass is 246 g/mol. The van der Waals surface area contributed by atoms with Gasteiger partial charge in [0, 0.05) is 25.5 Å². The van der Waals surface area contributed by atoms with E-state index in [1.807, 2.05) is 36.0 Å². The quantitative estimate of drug-likeness (QED) is 0.883. The van der Waals surface area contributed by atoms with Crippen LogP contribution in [0.2, 0.25) is 0 Å². The maximum absolute atomic E-state index is 13.5. The number of hydrogen-bond donors (Lipinski definition) is 1. The molecule has 3 nitrogen and oxygen atoms in total. The van der Waals surface area contributed by atoms with Crippen LogP contribution in [0.25, 0.3) is 0 Å². The Morgan fingerprint density at radius 1 is 1.33 bits per heavy atom. The molecule has 0 aliphatic carbocycles. The van der Waals surface area contributed by atoms with E-state index in [4.69, 9.17) is 0 Å². The van der Waals surface area contributed by atoms with Gasteiger partial charge in [0.2, 0.25) is 0 Å². The van der Waals surface area contributed by atoms with Crippen molar-refractivity contribution in [1.82, 2.24) is 9.88 Å². The highest BCUT2D eigenvalue weighted by Gasteiger charge is 2.10. The molecule has 0 aliphatic rings. The Morgan fingerprint density at radius 3 is 2.78 bits per heavy atom. The largest absolute Gasteiger partial charge is 0.353 e. The van der Waals surface area contributed by atoms with Crippen molar-refractivity contribution in [2.24, 2.45) is 0 Å². The number of benzene rings is 1. The van der Waals surface area contributed by atoms with Gasteiger partial charge in [-0.1, -0.05) is 11.6 Å². The van der Waals surface area contributed by atoms with Gasteiger partial charge in [0.1, 0.15) is 5.82 Å². The summed E-state index contributed by atoms with van der Waals surface area (Å²) in [4.78, 5) is 11.8. The van der Waals surface area contributed by atoms with Crippen LogP contribution < -0.4 is 5.32 Å². The molecule has 2 rings (SSSR count). The van der Waals surface area contributed by atoms with Crippen LogP contribution in [0.15, 0.2) is 42.7 Å². The topological polar surface area (TPSA) is 34.0 Å². The Morgan fingerprint density at radius 2 is 2.06 bits per heavy atom.